The summed E-state index contributed by atoms with van der Waals surface area (Å²) in [7, 11) is -2.12. The molecule has 0 bridgehead atoms. The number of halogens is 1. The lowest BCUT2D eigenvalue weighted by Crippen LogP contribution is -2.15. The van der Waals surface area contributed by atoms with E-state index in [1.165, 1.54) is 12.5 Å². The third kappa shape index (κ3) is 3.14. The first-order chi connectivity index (χ1) is 9.04. The molecule has 0 spiro atoms. The average molecular weight is 346 g/mol. The van der Waals surface area contributed by atoms with Crippen LogP contribution in [0.4, 0.5) is 5.69 Å². The van der Waals surface area contributed by atoms with Gasteiger partial charge in [-0.2, -0.15) is 8.42 Å². The summed E-state index contributed by atoms with van der Waals surface area (Å²) in [6.45, 7) is 0.294. The van der Waals surface area contributed by atoms with Crippen LogP contribution in [0, 0.1) is 0 Å². The highest BCUT2D eigenvalue weighted by molar-refractivity contribution is 9.10. The van der Waals surface area contributed by atoms with E-state index in [2.05, 4.69) is 30.6 Å². The van der Waals surface area contributed by atoms with Crippen LogP contribution in [0.2, 0.25) is 0 Å². The smallest absolute Gasteiger partial charge is 0.278 e. The maximum atomic E-state index is 12.1. The highest BCUT2D eigenvalue weighted by atomic mass is 79.9. The molecule has 2 rings (SSSR count). The first-order valence-electron chi connectivity index (χ1n) is 5.32. The van der Waals surface area contributed by atoms with Gasteiger partial charge in [-0.15, -0.1) is 0 Å². The minimum atomic E-state index is -3.67. The molecule has 0 radical (unpaired) electrons. The molecule has 8 heteroatoms. The fourth-order valence-corrected chi connectivity index (χ4v) is 3.01. The Morgan fingerprint density at radius 3 is 2.89 bits per heavy atom. The molecular weight excluding hydrogens is 334 g/mol. The minimum Gasteiger partial charge on any atom is -0.380 e. The number of hydrogen-bond acceptors (Lipinski definition) is 4. The van der Waals surface area contributed by atoms with Gasteiger partial charge in [0.05, 0.1) is 24.8 Å². The summed E-state index contributed by atoms with van der Waals surface area (Å²) in [6, 6.07) is 5.24. The summed E-state index contributed by atoms with van der Waals surface area (Å²) >= 11 is 3.37. The predicted molar refractivity (Wildman–Crippen MR) is 74.3 cm³/mol. The molecule has 102 valence electrons. The van der Waals surface area contributed by atoms with Crippen LogP contribution in [0.5, 0.6) is 0 Å². The number of anilines is 1. The Morgan fingerprint density at radius 1 is 1.47 bits per heavy atom. The van der Waals surface area contributed by atoms with E-state index in [1.54, 1.807) is 19.2 Å². The zero-order chi connectivity index (χ0) is 13.9. The molecule has 0 saturated carbocycles. The Hall–Kier alpha value is -1.38. The predicted octanol–water partition coefficient (Wildman–Crippen LogP) is 2.12. The fraction of sp³-hybridized carbons (Fsp3) is 0.182. The number of aromatic amines is 1. The van der Waals surface area contributed by atoms with Crippen LogP contribution in [0.3, 0.4) is 0 Å². The van der Waals surface area contributed by atoms with Crippen LogP contribution in [-0.2, 0) is 21.4 Å². The van der Waals surface area contributed by atoms with Gasteiger partial charge in [-0.05, 0) is 12.1 Å². The van der Waals surface area contributed by atoms with Crippen LogP contribution in [-0.4, -0.2) is 25.5 Å². The Kier molecular flexibility index (Phi) is 4.23. The Labute approximate surface area is 119 Å². The third-order valence-electron chi connectivity index (χ3n) is 2.41. The van der Waals surface area contributed by atoms with Crippen molar-refractivity contribution in [1.82, 2.24) is 9.97 Å². The largest absolute Gasteiger partial charge is 0.380 e. The molecule has 1 aromatic heterocycles. The zero-order valence-corrected chi connectivity index (χ0v) is 12.5. The second-order valence-electron chi connectivity index (χ2n) is 3.72. The monoisotopic (exact) mass is 345 g/mol. The molecule has 0 atom stereocenters. The van der Waals surface area contributed by atoms with Crippen LogP contribution in [0.1, 0.15) is 5.56 Å². The van der Waals surface area contributed by atoms with Crippen LogP contribution in [0.25, 0.3) is 0 Å². The summed E-state index contributed by atoms with van der Waals surface area (Å²) in [4.78, 5) is 6.26. The highest BCUT2D eigenvalue weighted by Crippen LogP contribution is 2.27. The van der Waals surface area contributed by atoms with Gasteiger partial charge in [0.25, 0.3) is 10.0 Å². The quantitative estimate of drug-likeness (QED) is 0.869. The molecule has 2 N–H and O–H groups in total. The molecule has 0 aliphatic carbocycles. The average Bonchev–Trinajstić information content (AvgIpc) is 2.88. The van der Waals surface area contributed by atoms with Gasteiger partial charge < -0.3 is 9.72 Å². The van der Waals surface area contributed by atoms with E-state index in [1.807, 2.05) is 6.07 Å². The molecule has 0 aliphatic rings. The van der Waals surface area contributed by atoms with Crippen molar-refractivity contribution in [2.75, 3.05) is 11.8 Å². The normalized spacial score (nSPS) is 11.5. The summed E-state index contributed by atoms with van der Waals surface area (Å²) < 4.78 is 32.5. The van der Waals surface area contributed by atoms with E-state index in [0.717, 1.165) is 10.0 Å². The van der Waals surface area contributed by atoms with Crippen molar-refractivity contribution in [2.45, 2.75) is 11.6 Å². The molecule has 19 heavy (non-hydrogen) atoms. The van der Waals surface area contributed by atoms with Gasteiger partial charge in [-0.25, -0.2) is 4.98 Å². The molecule has 0 aliphatic heterocycles. The third-order valence-corrected chi connectivity index (χ3v) is 4.45. The molecule has 0 amide bonds. The SMILES string of the molecule is COCc1c(Br)cccc1NS(=O)(=O)c1cnc[nH]1. The van der Waals surface area contributed by atoms with Crippen molar-refractivity contribution >= 4 is 31.6 Å². The molecular formula is C11H12BrN3O3S. The van der Waals surface area contributed by atoms with Gasteiger partial charge in [0.1, 0.15) is 0 Å². The summed E-state index contributed by atoms with van der Waals surface area (Å²) in [5, 5.41) is 0.0100. The zero-order valence-electron chi connectivity index (χ0n) is 10.1. The lowest BCUT2D eigenvalue weighted by Gasteiger charge is -2.12. The van der Waals surface area contributed by atoms with E-state index in [9.17, 15) is 8.42 Å². The molecule has 1 aromatic carbocycles. The molecule has 2 aromatic rings. The number of imidazole rings is 1. The number of nitrogens with one attached hydrogen (secondary N) is 2. The molecule has 1 heterocycles. The number of ether oxygens (including phenoxy) is 1. The maximum absolute atomic E-state index is 12.1. The number of hydrogen-bond donors (Lipinski definition) is 2. The minimum absolute atomic E-state index is 0.0100. The summed E-state index contributed by atoms with van der Waals surface area (Å²) in [5.41, 5.74) is 1.19. The van der Waals surface area contributed by atoms with Gasteiger partial charge in [0, 0.05) is 17.1 Å². The number of benzene rings is 1. The van der Waals surface area contributed by atoms with E-state index >= 15 is 0 Å². The molecule has 6 nitrogen and oxygen atoms in total. The Bertz CT molecular complexity index is 656. The number of rotatable bonds is 5. The van der Waals surface area contributed by atoms with Crippen molar-refractivity contribution in [2.24, 2.45) is 0 Å². The topological polar surface area (TPSA) is 84.1 Å². The van der Waals surface area contributed by atoms with Crippen molar-refractivity contribution in [3.05, 3.63) is 40.8 Å². The van der Waals surface area contributed by atoms with Crippen molar-refractivity contribution in [1.29, 1.82) is 0 Å². The second kappa shape index (κ2) is 5.72. The first kappa shape index (κ1) is 14.0. The Morgan fingerprint density at radius 2 is 2.26 bits per heavy atom. The van der Waals surface area contributed by atoms with E-state index < -0.39 is 10.0 Å². The second-order valence-corrected chi connectivity index (χ2v) is 6.23. The van der Waals surface area contributed by atoms with E-state index in [-0.39, 0.29) is 5.03 Å². The lowest BCUT2D eigenvalue weighted by atomic mass is 10.2. The van der Waals surface area contributed by atoms with Gasteiger partial charge in [0.15, 0.2) is 5.03 Å². The van der Waals surface area contributed by atoms with Gasteiger partial charge in [-0.1, -0.05) is 22.0 Å². The van der Waals surface area contributed by atoms with E-state index in [4.69, 9.17) is 4.74 Å². The molecule has 0 unspecified atom stereocenters. The van der Waals surface area contributed by atoms with E-state index in [0.29, 0.717) is 12.3 Å². The molecule has 0 fully saturated rings. The van der Waals surface area contributed by atoms with Crippen LogP contribution in [0.15, 0.2) is 40.2 Å². The number of methoxy groups -OCH3 is 1. The maximum Gasteiger partial charge on any atom is 0.278 e. The van der Waals surface area contributed by atoms with Crippen molar-refractivity contribution in [3.8, 4) is 0 Å². The highest BCUT2D eigenvalue weighted by Gasteiger charge is 2.18. The van der Waals surface area contributed by atoms with Gasteiger partial charge in [0.2, 0.25) is 0 Å². The molecule has 0 saturated heterocycles. The van der Waals surface area contributed by atoms with Gasteiger partial charge in [-0.3, -0.25) is 4.72 Å². The number of nitrogens with zero attached hydrogens (tertiary/aromatic N) is 1. The van der Waals surface area contributed by atoms with Crippen LogP contribution >= 0.6 is 15.9 Å². The van der Waals surface area contributed by atoms with Crippen molar-refractivity contribution < 1.29 is 13.2 Å². The fourth-order valence-electron chi connectivity index (χ4n) is 1.54. The van der Waals surface area contributed by atoms with Gasteiger partial charge >= 0.3 is 0 Å². The Balaban J connectivity index is 2.36. The van der Waals surface area contributed by atoms with Crippen molar-refractivity contribution in [3.63, 3.8) is 0 Å². The summed E-state index contributed by atoms with van der Waals surface area (Å²) in [6.07, 6.45) is 2.56. The number of aromatic nitrogens is 2. The first-order valence-corrected chi connectivity index (χ1v) is 7.59. The standard InChI is InChI=1S/C11H12BrN3O3S/c1-18-6-8-9(12)3-2-4-10(8)15-19(16,17)11-5-13-7-14-11/h2-5,7,15H,6H2,1H3,(H,13,14). The van der Waals surface area contributed by atoms with Crippen LogP contribution < -0.4 is 4.72 Å². The number of sulfonamides is 1. The summed E-state index contributed by atoms with van der Waals surface area (Å²) in [5.74, 6) is 0. The lowest BCUT2D eigenvalue weighted by molar-refractivity contribution is 0.185. The number of H-pyrrole nitrogens is 1.